The van der Waals surface area contributed by atoms with Gasteiger partial charge in [-0.05, 0) is 12.1 Å². The van der Waals surface area contributed by atoms with Gasteiger partial charge in [-0.25, -0.2) is 8.42 Å². The van der Waals surface area contributed by atoms with Gasteiger partial charge in [0.2, 0.25) is 15.9 Å². The number of anilines is 1. The molecule has 1 aromatic carbocycles. The molecular formula is C15H19N3O4S. The number of nitrogens with zero attached hydrogens (tertiary/aromatic N) is 2. The van der Waals surface area contributed by atoms with Crippen LogP contribution in [0.5, 0.6) is 0 Å². The number of carbonyl (C=O) groups is 1. The second-order valence-corrected chi connectivity index (χ2v) is 6.87. The minimum Gasteiger partial charge on any atom is -0.383 e. The molecule has 0 aliphatic heterocycles. The van der Waals surface area contributed by atoms with Gasteiger partial charge < -0.3 is 10.1 Å². The Morgan fingerprint density at radius 3 is 2.74 bits per heavy atom. The van der Waals surface area contributed by atoms with Crippen molar-refractivity contribution >= 4 is 32.5 Å². The van der Waals surface area contributed by atoms with Crippen LogP contribution in [0.3, 0.4) is 0 Å². The first-order chi connectivity index (χ1) is 10.9. The molecule has 0 bridgehead atoms. The van der Waals surface area contributed by atoms with Crippen LogP contribution in [0.1, 0.15) is 0 Å². The van der Waals surface area contributed by atoms with E-state index in [0.717, 1.165) is 15.9 Å². The molecule has 0 spiro atoms. The van der Waals surface area contributed by atoms with Crippen molar-refractivity contribution in [1.29, 1.82) is 0 Å². The first-order valence-corrected chi connectivity index (χ1v) is 8.85. The van der Waals surface area contributed by atoms with Gasteiger partial charge in [0.1, 0.15) is 6.54 Å². The fourth-order valence-corrected chi connectivity index (χ4v) is 3.01. The van der Waals surface area contributed by atoms with E-state index in [1.165, 1.54) is 7.11 Å². The highest BCUT2D eigenvalue weighted by molar-refractivity contribution is 7.92. The molecule has 2 aromatic rings. The Hall–Kier alpha value is -2.19. The number of para-hydroxylation sites is 1. The highest BCUT2D eigenvalue weighted by atomic mass is 32.2. The maximum absolute atomic E-state index is 12.1. The van der Waals surface area contributed by atoms with Gasteiger partial charge in [-0.15, -0.1) is 0 Å². The van der Waals surface area contributed by atoms with Gasteiger partial charge in [0, 0.05) is 25.2 Å². The fraction of sp³-hybridized carbons (Fsp3) is 0.333. The molecule has 23 heavy (non-hydrogen) atoms. The molecule has 0 saturated carbocycles. The van der Waals surface area contributed by atoms with Crippen LogP contribution in [0.2, 0.25) is 0 Å². The number of ether oxygens (including phenoxy) is 1. The van der Waals surface area contributed by atoms with E-state index in [1.54, 1.807) is 24.4 Å². The third-order valence-electron chi connectivity index (χ3n) is 3.20. The number of hydrogen-bond acceptors (Lipinski definition) is 5. The number of amides is 1. The van der Waals surface area contributed by atoms with Crippen LogP contribution < -0.4 is 9.62 Å². The zero-order valence-corrected chi connectivity index (χ0v) is 13.8. The predicted molar refractivity (Wildman–Crippen MR) is 88.8 cm³/mol. The van der Waals surface area contributed by atoms with Gasteiger partial charge in [0.25, 0.3) is 0 Å². The number of aromatic nitrogens is 1. The summed E-state index contributed by atoms with van der Waals surface area (Å²) in [6.45, 7) is 0.374. The molecular weight excluding hydrogens is 318 g/mol. The average molecular weight is 337 g/mol. The Bertz CT molecular complexity index is 787. The molecule has 8 heteroatoms. The monoisotopic (exact) mass is 337 g/mol. The third kappa shape index (κ3) is 4.40. The lowest BCUT2D eigenvalue weighted by molar-refractivity contribution is -0.119. The highest BCUT2D eigenvalue weighted by Crippen LogP contribution is 2.26. The molecule has 124 valence electrons. The van der Waals surface area contributed by atoms with Crippen LogP contribution in [0.25, 0.3) is 10.9 Å². The summed E-state index contributed by atoms with van der Waals surface area (Å²) in [6.07, 6.45) is 2.65. The van der Waals surface area contributed by atoms with E-state index in [0.29, 0.717) is 24.4 Å². The summed E-state index contributed by atoms with van der Waals surface area (Å²) in [7, 11) is -2.11. The Morgan fingerprint density at radius 2 is 2.04 bits per heavy atom. The van der Waals surface area contributed by atoms with E-state index in [2.05, 4.69) is 10.3 Å². The van der Waals surface area contributed by atoms with E-state index in [1.807, 2.05) is 12.1 Å². The van der Waals surface area contributed by atoms with Crippen molar-refractivity contribution in [3.8, 4) is 0 Å². The van der Waals surface area contributed by atoms with Crippen molar-refractivity contribution in [3.05, 3.63) is 36.5 Å². The molecule has 7 nitrogen and oxygen atoms in total. The minimum absolute atomic E-state index is 0.307. The zero-order valence-electron chi connectivity index (χ0n) is 13.0. The van der Waals surface area contributed by atoms with E-state index in [4.69, 9.17) is 4.74 Å². The average Bonchev–Trinajstić information content (AvgIpc) is 2.51. The number of rotatable bonds is 7. The highest BCUT2D eigenvalue weighted by Gasteiger charge is 2.22. The van der Waals surface area contributed by atoms with Gasteiger partial charge >= 0.3 is 0 Å². The second kappa shape index (κ2) is 7.38. The van der Waals surface area contributed by atoms with Gasteiger partial charge in [0.05, 0.1) is 24.1 Å². The zero-order chi connectivity index (χ0) is 16.9. The van der Waals surface area contributed by atoms with Crippen LogP contribution >= 0.6 is 0 Å². The fourth-order valence-electron chi connectivity index (χ4n) is 2.15. The van der Waals surface area contributed by atoms with Gasteiger partial charge in [0.15, 0.2) is 0 Å². The van der Waals surface area contributed by atoms with Crippen molar-refractivity contribution in [2.24, 2.45) is 0 Å². The van der Waals surface area contributed by atoms with Crippen molar-refractivity contribution in [2.75, 3.05) is 37.4 Å². The maximum atomic E-state index is 12.1. The minimum atomic E-state index is -3.63. The van der Waals surface area contributed by atoms with Gasteiger partial charge in [-0.2, -0.15) is 0 Å². The predicted octanol–water partition coefficient (Wildman–Crippen LogP) is 0.763. The molecule has 1 heterocycles. The largest absolute Gasteiger partial charge is 0.383 e. The third-order valence-corrected chi connectivity index (χ3v) is 4.32. The van der Waals surface area contributed by atoms with Gasteiger partial charge in [-0.3, -0.25) is 14.1 Å². The van der Waals surface area contributed by atoms with Crippen LogP contribution in [0.4, 0.5) is 5.69 Å². The van der Waals surface area contributed by atoms with Crippen LogP contribution in [-0.4, -0.2) is 52.4 Å². The number of nitrogens with one attached hydrogen (secondary N) is 1. The van der Waals surface area contributed by atoms with Crippen molar-refractivity contribution < 1.29 is 17.9 Å². The molecule has 1 aromatic heterocycles. The molecule has 0 atom stereocenters. The molecule has 0 aliphatic rings. The Kier molecular flexibility index (Phi) is 5.51. The summed E-state index contributed by atoms with van der Waals surface area (Å²) in [5.41, 5.74) is 0.914. The second-order valence-electron chi connectivity index (χ2n) is 4.96. The summed E-state index contributed by atoms with van der Waals surface area (Å²) < 4.78 is 30.2. The number of benzene rings is 1. The molecule has 1 N–H and O–H groups in total. The number of sulfonamides is 1. The number of carbonyl (C=O) groups excluding carboxylic acids is 1. The lowest BCUT2D eigenvalue weighted by Gasteiger charge is -2.22. The Labute approximate surface area is 135 Å². The molecule has 0 fully saturated rings. The lowest BCUT2D eigenvalue weighted by atomic mass is 10.2. The SMILES string of the molecule is COCCNC(=O)CN(c1cccc2cccnc12)S(C)(=O)=O. The summed E-state index contributed by atoms with van der Waals surface area (Å²) >= 11 is 0. The molecule has 1 amide bonds. The van der Waals surface area contributed by atoms with Crippen LogP contribution in [0.15, 0.2) is 36.5 Å². The smallest absolute Gasteiger partial charge is 0.240 e. The summed E-state index contributed by atoms with van der Waals surface area (Å²) in [4.78, 5) is 16.2. The van der Waals surface area contributed by atoms with E-state index in [9.17, 15) is 13.2 Å². The van der Waals surface area contributed by atoms with Crippen LogP contribution in [0, 0.1) is 0 Å². The van der Waals surface area contributed by atoms with Gasteiger partial charge in [-0.1, -0.05) is 18.2 Å². The van der Waals surface area contributed by atoms with Crippen molar-refractivity contribution in [2.45, 2.75) is 0 Å². The van der Waals surface area contributed by atoms with Crippen molar-refractivity contribution in [1.82, 2.24) is 10.3 Å². The summed E-state index contributed by atoms with van der Waals surface area (Å²) in [5.74, 6) is -0.402. The first kappa shape index (κ1) is 17.2. The van der Waals surface area contributed by atoms with E-state index >= 15 is 0 Å². The molecule has 0 saturated heterocycles. The molecule has 0 aliphatic carbocycles. The normalized spacial score (nSPS) is 11.4. The number of fused-ring (bicyclic) bond motifs is 1. The Morgan fingerprint density at radius 1 is 1.30 bits per heavy atom. The quantitative estimate of drug-likeness (QED) is 0.754. The Balaban J connectivity index is 2.34. The summed E-state index contributed by atoms with van der Waals surface area (Å²) in [5, 5.41) is 3.42. The van der Waals surface area contributed by atoms with Crippen molar-refractivity contribution in [3.63, 3.8) is 0 Å². The molecule has 2 rings (SSSR count). The number of hydrogen-bond donors (Lipinski definition) is 1. The first-order valence-electron chi connectivity index (χ1n) is 7.00. The lowest BCUT2D eigenvalue weighted by Crippen LogP contribution is -2.41. The van der Waals surface area contributed by atoms with E-state index < -0.39 is 15.9 Å². The topological polar surface area (TPSA) is 88.6 Å². The summed E-state index contributed by atoms with van der Waals surface area (Å²) in [6, 6.07) is 8.82. The number of pyridine rings is 1. The standard InChI is InChI=1S/C15H19N3O4S/c1-22-10-9-16-14(19)11-18(23(2,20)21)13-7-3-5-12-6-4-8-17-15(12)13/h3-8H,9-11H2,1-2H3,(H,16,19). The van der Waals surface area contributed by atoms with E-state index in [-0.39, 0.29) is 6.54 Å². The molecule has 0 radical (unpaired) electrons. The molecule has 0 unspecified atom stereocenters. The maximum Gasteiger partial charge on any atom is 0.240 e. The van der Waals surface area contributed by atoms with Crippen LogP contribution in [-0.2, 0) is 19.6 Å². The number of methoxy groups -OCH3 is 1.